The summed E-state index contributed by atoms with van der Waals surface area (Å²) in [6, 6.07) is 0. The zero-order valence-electron chi connectivity index (χ0n) is 17.7. The summed E-state index contributed by atoms with van der Waals surface area (Å²) in [7, 11) is -2.27. The zero-order valence-corrected chi connectivity index (χ0v) is 18.6. The summed E-state index contributed by atoms with van der Waals surface area (Å²) in [4.78, 5) is 11.8. The molecule has 5 nitrogen and oxygen atoms in total. The Morgan fingerprint density at radius 1 is 0.815 bits per heavy atom. The lowest BCUT2D eigenvalue weighted by Gasteiger charge is -2.15. The molecule has 160 valence electrons. The molecule has 27 heavy (non-hydrogen) atoms. The highest BCUT2D eigenvalue weighted by Crippen LogP contribution is 2.11. The molecule has 0 fully saturated rings. The first-order valence-electron chi connectivity index (χ1n) is 10.8. The van der Waals surface area contributed by atoms with Gasteiger partial charge in [0, 0.05) is 13.5 Å². The second-order valence-electron chi connectivity index (χ2n) is 7.15. The number of amides is 1. The van der Waals surface area contributed by atoms with Gasteiger partial charge in [0.25, 0.3) is 10.1 Å². The van der Waals surface area contributed by atoms with Gasteiger partial charge in [-0.05, 0) is 39.0 Å². The fraction of sp³-hybridized carbons (Fsp3) is 0.857. The number of hydrogen-bond acceptors (Lipinski definition) is 4. The summed E-state index contributed by atoms with van der Waals surface area (Å²) in [6.07, 6.45) is 20.6. The second kappa shape index (κ2) is 17.2. The fourth-order valence-corrected chi connectivity index (χ4v) is 3.30. The van der Waals surface area contributed by atoms with Crippen molar-refractivity contribution in [1.29, 1.82) is 0 Å². The van der Waals surface area contributed by atoms with Gasteiger partial charge in [0.05, 0.1) is 5.75 Å². The van der Waals surface area contributed by atoms with Crippen molar-refractivity contribution in [2.45, 2.75) is 104 Å². The number of rotatable bonds is 18. The van der Waals surface area contributed by atoms with E-state index in [9.17, 15) is 13.2 Å². The van der Waals surface area contributed by atoms with Crippen LogP contribution in [0.3, 0.4) is 0 Å². The molecule has 0 bridgehead atoms. The molecule has 0 radical (unpaired) electrons. The van der Waals surface area contributed by atoms with Crippen LogP contribution in [0.2, 0.25) is 0 Å². The van der Waals surface area contributed by atoms with E-state index in [1.165, 1.54) is 71.8 Å². The second-order valence-corrected chi connectivity index (χ2v) is 8.99. The lowest BCUT2D eigenvalue weighted by molar-refractivity contribution is -0.151. The maximum absolute atomic E-state index is 11.8. The number of allylic oxidation sites excluding steroid dienone is 2. The summed E-state index contributed by atoms with van der Waals surface area (Å²) in [5.74, 6) is -0.428. The fourth-order valence-electron chi connectivity index (χ4n) is 2.77. The van der Waals surface area contributed by atoms with Crippen molar-refractivity contribution in [1.82, 2.24) is 5.06 Å². The van der Waals surface area contributed by atoms with Crippen molar-refractivity contribution in [2.75, 3.05) is 12.8 Å². The molecule has 0 N–H and O–H groups in total. The number of hydrogen-bond donors (Lipinski definition) is 0. The van der Waals surface area contributed by atoms with Crippen molar-refractivity contribution in [3.05, 3.63) is 12.2 Å². The Kier molecular flexibility index (Phi) is 16.7. The van der Waals surface area contributed by atoms with Gasteiger partial charge in [0.2, 0.25) is 5.91 Å². The van der Waals surface area contributed by atoms with Crippen LogP contribution in [0.15, 0.2) is 12.2 Å². The van der Waals surface area contributed by atoms with Crippen LogP contribution in [0.5, 0.6) is 0 Å². The van der Waals surface area contributed by atoms with Crippen molar-refractivity contribution < 1.29 is 17.5 Å². The predicted octanol–water partition coefficient (Wildman–Crippen LogP) is 5.76. The highest BCUT2D eigenvalue weighted by Gasteiger charge is 2.16. The average molecular weight is 404 g/mol. The molecule has 0 unspecified atom stereocenters. The number of unbranched alkanes of at least 4 members (excludes halogenated alkanes) is 11. The van der Waals surface area contributed by atoms with E-state index < -0.39 is 10.1 Å². The smallest absolute Gasteiger partial charge is 0.273 e. The third kappa shape index (κ3) is 17.0. The van der Waals surface area contributed by atoms with E-state index in [1.807, 2.05) is 0 Å². The Hall–Kier alpha value is -0.880. The average Bonchev–Trinajstić information content (AvgIpc) is 2.64. The van der Waals surface area contributed by atoms with Crippen molar-refractivity contribution >= 4 is 16.0 Å². The van der Waals surface area contributed by atoms with E-state index in [0.29, 0.717) is 6.42 Å². The van der Waals surface area contributed by atoms with E-state index >= 15 is 0 Å². The van der Waals surface area contributed by atoms with Gasteiger partial charge in [-0.1, -0.05) is 70.4 Å². The van der Waals surface area contributed by atoms with Crippen LogP contribution in [0, 0.1) is 0 Å². The lowest BCUT2D eigenvalue weighted by Crippen LogP contribution is -2.30. The van der Waals surface area contributed by atoms with E-state index in [1.54, 1.807) is 0 Å². The van der Waals surface area contributed by atoms with Gasteiger partial charge in [0.1, 0.15) is 0 Å². The molecule has 0 aromatic carbocycles. The first kappa shape index (κ1) is 26.1. The first-order valence-corrected chi connectivity index (χ1v) is 12.3. The summed E-state index contributed by atoms with van der Waals surface area (Å²) in [5.41, 5.74) is 0. The van der Waals surface area contributed by atoms with Gasteiger partial charge in [-0.25, -0.2) is 5.06 Å². The molecule has 0 atom stereocenters. The normalized spacial score (nSPS) is 12.0. The maximum Gasteiger partial charge on any atom is 0.287 e. The topological polar surface area (TPSA) is 63.7 Å². The molecule has 0 rings (SSSR count). The van der Waals surface area contributed by atoms with Crippen molar-refractivity contribution in [2.24, 2.45) is 0 Å². The molecule has 1 amide bonds. The van der Waals surface area contributed by atoms with Crippen LogP contribution in [-0.2, 0) is 19.2 Å². The Morgan fingerprint density at radius 3 is 1.81 bits per heavy atom. The van der Waals surface area contributed by atoms with Gasteiger partial charge in [-0.3, -0.25) is 4.79 Å². The Bertz CT molecular complexity index is 488. The Balaban J connectivity index is 3.46. The van der Waals surface area contributed by atoms with Crippen LogP contribution in [-0.4, -0.2) is 32.2 Å². The SMILES string of the molecule is CCCCCCCC/C=C\CCCCCCCC(=O)N(C)OS(=O)(=O)CC. The summed E-state index contributed by atoms with van der Waals surface area (Å²) in [6.45, 7) is 3.73. The highest BCUT2D eigenvalue weighted by molar-refractivity contribution is 7.86. The van der Waals surface area contributed by atoms with E-state index in [-0.39, 0.29) is 11.7 Å². The highest BCUT2D eigenvalue weighted by atomic mass is 32.2. The van der Waals surface area contributed by atoms with Gasteiger partial charge in [-0.2, -0.15) is 8.42 Å². The predicted molar refractivity (Wildman–Crippen MR) is 113 cm³/mol. The number of carbonyl (C=O) groups is 1. The molecule has 6 heteroatoms. The Labute approximate surface area is 167 Å². The molecule has 0 heterocycles. The van der Waals surface area contributed by atoms with E-state index in [2.05, 4.69) is 23.4 Å². The van der Waals surface area contributed by atoms with Crippen LogP contribution in [0.4, 0.5) is 0 Å². The van der Waals surface area contributed by atoms with E-state index in [0.717, 1.165) is 30.7 Å². The number of nitrogens with zero attached hydrogens (tertiary/aromatic N) is 1. The molecule has 0 aliphatic carbocycles. The lowest BCUT2D eigenvalue weighted by atomic mass is 10.1. The van der Waals surface area contributed by atoms with Crippen LogP contribution < -0.4 is 0 Å². The number of hydroxylamine groups is 2. The minimum Gasteiger partial charge on any atom is -0.273 e. The third-order valence-electron chi connectivity index (χ3n) is 4.58. The molecule has 0 aromatic heterocycles. The third-order valence-corrected chi connectivity index (χ3v) is 5.74. The first-order chi connectivity index (χ1) is 12.9. The molecule has 0 aromatic rings. The van der Waals surface area contributed by atoms with Crippen molar-refractivity contribution in [3.8, 4) is 0 Å². The van der Waals surface area contributed by atoms with Gasteiger partial charge in [-0.15, -0.1) is 4.28 Å². The standard InChI is InChI=1S/C21H41NO4S/c1-4-6-7-8-9-10-11-12-13-14-15-16-17-18-19-20-21(23)22(3)26-27(24,25)5-2/h12-13H,4-11,14-20H2,1-3H3/b13-12-. The molecule has 0 saturated carbocycles. The van der Waals surface area contributed by atoms with Gasteiger partial charge < -0.3 is 0 Å². The minimum atomic E-state index is -3.62. The van der Waals surface area contributed by atoms with E-state index in [4.69, 9.17) is 0 Å². The van der Waals surface area contributed by atoms with Gasteiger partial charge >= 0.3 is 0 Å². The van der Waals surface area contributed by atoms with Crippen LogP contribution in [0.1, 0.15) is 104 Å². The number of carbonyl (C=O) groups excluding carboxylic acids is 1. The monoisotopic (exact) mass is 403 g/mol. The largest absolute Gasteiger partial charge is 0.287 e. The molecule has 0 spiro atoms. The Morgan fingerprint density at radius 2 is 1.30 bits per heavy atom. The molecule has 0 aliphatic rings. The molecular formula is C21H41NO4S. The summed E-state index contributed by atoms with van der Waals surface area (Å²) < 4.78 is 27.3. The maximum atomic E-state index is 11.8. The molecular weight excluding hydrogens is 362 g/mol. The quantitative estimate of drug-likeness (QED) is 0.166. The molecule has 0 aliphatic heterocycles. The molecule has 0 saturated heterocycles. The zero-order chi connectivity index (χ0) is 20.4. The minimum absolute atomic E-state index is 0.141. The summed E-state index contributed by atoms with van der Waals surface area (Å²) >= 11 is 0. The summed E-state index contributed by atoms with van der Waals surface area (Å²) in [5, 5.41) is 0.841. The van der Waals surface area contributed by atoms with Crippen LogP contribution >= 0.6 is 0 Å². The van der Waals surface area contributed by atoms with Crippen LogP contribution in [0.25, 0.3) is 0 Å². The van der Waals surface area contributed by atoms with Crippen molar-refractivity contribution in [3.63, 3.8) is 0 Å². The van der Waals surface area contributed by atoms with Gasteiger partial charge in [0.15, 0.2) is 0 Å².